The van der Waals surface area contributed by atoms with Gasteiger partial charge in [0, 0.05) is 12.1 Å². The molecule has 0 saturated carbocycles. The molecule has 0 saturated heterocycles. The smallest absolute Gasteiger partial charge is 0.491 e. The predicted octanol–water partition coefficient (Wildman–Crippen LogP) is 1.67. The molecular formula is C20H23BFN3O6S. The van der Waals surface area contributed by atoms with E-state index >= 15 is 0 Å². The van der Waals surface area contributed by atoms with Gasteiger partial charge in [-0.05, 0) is 41.8 Å². The van der Waals surface area contributed by atoms with Gasteiger partial charge in [-0.25, -0.2) is 9.40 Å². The van der Waals surface area contributed by atoms with Crippen LogP contribution < -0.4 is 9.47 Å². The molecule has 1 aliphatic rings. The molecule has 0 atom stereocenters. The first-order valence-corrected chi connectivity index (χ1v) is 11.2. The van der Waals surface area contributed by atoms with E-state index < -0.39 is 23.0 Å². The predicted molar refractivity (Wildman–Crippen MR) is 118 cm³/mol. The minimum absolute atomic E-state index is 0.00296. The number of methoxy groups -OCH3 is 1. The molecular weight excluding hydrogens is 440 g/mol. The zero-order valence-corrected chi connectivity index (χ0v) is 18.6. The van der Waals surface area contributed by atoms with E-state index in [2.05, 4.69) is 9.50 Å². The number of hydrazone groups is 1. The third-order valence-corrected chi connectivity index (χ3v) is 5.70. The molecule has 9 nitrogen and oxygen atoms in total. The molecule has 2 aromatic rings. The maximum absolute atomic E-state index is 13.7. The fraction of sp³-hybridized carbons (Fsp3) is 0.300. The second-order valence-electron chi connectivity index (χ2n) is 7.45. The molecule has 1 heterocycles. The largest absolute Gasteiger partial charge is 0.496 e. The standard InChI is InChI=1S/C20H23BFN3O6S/c1-13(2)11-25(23-10-14-4-6-17(22)18(8-14)30-3)20-16-9-15(31-12-21(26)27)5-7-19(16)32(28,29)24-20/h4-10,13,26-27H,11-12H2,1-3H3/b23-10+. The van der Waals surface area contributed by atoms with Gasteiger partial charge in [0.25, 0.3) is 10.0 Å². The monoisotopic (exact) mass is 463 g/mol. The van der Waals surface area contributed by atoms with E-state index in [1.54, 1.807) is 0 Å². The normalized spacial score (nSPS) is 14.4. The molecule has 2 aromatic carbocycles. The molecule has 0 spiro atoms. The van der Waals surface area contributed by atoms with Crippen LogP contribution >= 0.6 is 0 Å². The summed E-state index contributed by atoms with van der Waals surface area (Å²) >= 11 is 0. The lowest BCUT2D eigenvalue weighted by Gasteiger charge is -2.21. The molecule has 32 heavy (non-hydrogen) atoms. The average Bonchev–Trinajstić information content (AvgIpc) is 3.00. The molecule has 170 valence electrons. The summed E-state index contributed by atoms with van der Waals surface area (Å²) in [6.07, 6.45) is 1.46. The first kappa shape index (κ1) is 23.7. The maximum atomic E-state index is 13.7. The van der Waals surface area contributed by atoms with Crippen LogP contribution in [0.4, 0.5) is 4.39 Å². The van der Waals surface area contributed by atoms with Crippen molar-refractivity contribution < 1.29 is 32.3 Å². The molecule has 3 rings (SSSR count). The first-order valence-electron chi connectivity index (χ1n) is 9.74. The van der Waals surface area contributed by atoms with Crippen molar-refractivity contribution in [3.8, 4) is 11.5 Å². The third-order valence-electron chi connectivity index (χ3n) is 4.38. The summed E-state index contributed by atoms with van der Waals surface area (Å²) in [4.78, 5) is -0.00296. The zero-order chi connectivity index (χ0) is 23.5. The van der Waals surface area contributed by atoms with Crippen LogP contribution in [0.25, 0.3) is 0 Å². The summed E-state index contributed by atoms with van der Waals surface area (Å²) < 4.78 is 53.0. The van der Waals surface area contributed by atoms with Crippen LogP contribution in [0.5, 0.6) is 11.5 Å². The van der Waals surface area contributed by atoms with Gasteiger partial charge in [-0.15, -0.1) is 4.40 Å². The minimum atomic E-state index is -3.93. The lowest BCUT2D eigenvalue weighted by Crippen LogP contribution is -2.29. The summed E-state index contributed by atoms with van der Waals surface area (Å²) in [5.41, 5.74) is 0.831. The summed E-state index contributed by atoms with van der Waals surface area (Å²) in [6.45, 7) is 3.86. The van der Waals surface area contributed by atoms with Crippen molar-refractivity contribution in [3.63, 3.8) is 0 Å². The van der Waals surface area contributed by atoms with Crippen LogP contribution in [0.2, 0.25) is 0 Å². The Balaban J connectivity index is 1.99. The lowest BCUT2D eigenvalue weighted by molar-refractivity contribution is 0.306. The van der Waals surface area contributed by atoms with Crippen LogP contribution in [-0.4, -0.2) is 62.8 Å². The Morgan fingerprint density at radius 1 is 1.25 bits per heavy atom. The highest BCUT2D eigenvalue weighted by Gasteiger charge is 2.33. The fourth-order valence-corrected chi connectivity index (χ4v) is 4.18. The van der Waals surface area contributed by atoms with Crippen molar-refractivity contribution >= 4 is 29.2 Å². The fourth-order valence-electron chi connectivity index (χ4n) is 2.99. The number of rotatable bonds is 8. The topological polar surface area (TPSA) is 121 Å². The lowest BCUT2D eigenvalue weighted by atomic mass is 9.95. The van der Waals surface area contributed by atoms with Crippen molar-refractivity contribution in [1.29, 1.82) is 0 Å². The number of benzene rings is 2. The number of nitrogens with zero attached hydrogens (tertiary/aromatic N) is 3. The molecule has 0 aliphatic carbocycles. The summed E-state index contributed by atoms with van der Waals surface area (Å²) in [7, 11) is -4.25. The molecule has 1 aliphatic heterocycles. The van der Waals surface area contributed by atoms with Crippen molar-refractivity contribution in [2.75, 3.05) is 20.2 Å². The van der Waals surface area contributed by atoms with Gasteiger partial charge in [0.05, 0.1) is 13.3 Å². The van der Waals surface area contributed by atoms with Crippen LogP contribution in [0, 0.1) is 11.7 Å². The van der Waals surface area contributed by atoms with Gasteiger partial charge in [-0.3, -0.25) is 0 Å². The molecule has 0 bridgehead atoms. The van der Waals surface area contributed by atoms with E-state index in [1.165, 1.54) is 54.7 Å². The molecule has 12 heteroatoms. The van der Waals surface area contributed by atoms with Gasteiger partial charge in [0.1, 0.15) is 17.2 Å². The number of sulfonamides is 1. The maximum Gasteiger partial charge on any atom is 0.491 e. The van der Waals surface area contributed by atoms with E-state index in [0.29, 0.717) is 12.1 Å². The first-order chi connectivity index (χ1) is 15.1. The van der Waals surface area contributed by atoms with Gasteiger partial charge >= 0.3 is 7.12 Å². The highest BCUT2D eigenvalue weighted by atomic mass is 32.2. The van der Waals surface area contributed by atoms with E-state index in [9.17, 15) is 12.8 Å². The van der Waals surface area contributed by atoms with Crippen LogP contribution in [0.1, 0.15) is 25.0 Å². The summed E-state index contributed by atoms with van der Waals surface area (Å²) in [6, 6.07) is 8.46. The molecule has 0 unspecified atom stereocenters. The number of hydrogen-bond acceptors (Lipinski definition) is 8. The quantitative estimate of drug-likeness (QED) is 0.347. The second kappa shape index (κ2) is 9.68. The number of halogens is 1. The number of fused-ring (bicyclic) bond motifs is 1. The molecule has 2 N–H and O–H groups in total. The highest BCUT2D eigenvalue weighted by Crippen LogP contribution is 2.31. The SMILES string of the molecule is COc1cc(/C=N/N(CC(C)C)C2=NS(=O)(=O)c3ccc(OCB(O)O)cc32)ccc1F. The third kappa shape index (κ3) is 5.45. The Bertz CT molecular complexity index is 1150. The number of amidine groups is 1. The molecule has 0 radical (unpaired) electrons. The molecule has 0 aromatic heterocycles. The van der Waals surface area contributed by atoms with Gasteiger partial charge in [-0.1, -0.05) is 19.9 Å². The second-order valence-corrected chi connectivity index (χ2v) is 9.03. The van der Waals surface area contributed by atoms with E-state index in [1.807, 2.05) is 13.8 Å². The Hall–Kier alpha value is -2.96. The molecule has 0 fully saturated rings. The van der Waals surface area contributed by atoms with Gasteiger partial charge in [0.2, 0.25) is 0 Å². The number of hydrogen-bond donors (Lipinski definition) is 2. The van der Waals surface area contributed by atoms with Gasteiger partial charge < -0.3 is 19.5 Å². The van der Waals surface area contributed by atoms with E-state index in [-0.39, 0.29) is 40.2 Å². The van der Waals surface area contributed by atoms with E-state index in [0.717, 1.165) is 0 Å². The summed E-state index contributed by atoms with van der Waals surface area (Å²) in [5.74, 6) is 0.00787. The van der Waals surface area contributed by atoms with E-state index in [4.69, 9.17) is 19.5 Å². The van der Waals surface area contributed by atoms with Crippen molar-refractivity contribution in [1.82, 2.24) is 5.01 Å². The van der Waals surface area contributed by atoms with Crippen molar-refractivity contribution in [3.05, 3.63) is 53.3 Å². The molecule has 0 amide bonds. The van der Waals surface area contributed by atoms with Crippen molar-refractivity contribution in [2.45, 2.75) is 18.7 Å². The Morgan fingerprint density at radius 3 is 2.66 bits per heavy atom. The van der Waals surface area contributed by atoms with Crippen LogP contribution in [0.3, 0.4) is 0 Å². The average molecular weight is 463 g/mol. The Kier molecular flexibility index (Phi) is 7.17. The Labute approximate surface area is 186 Å². The van der Waals surface area contributed by atoms with Crippen molar-refractivity contribution in [2.24, 2.45) is 15.4 Å². The number of ether oxygens (including phenoxy) is 2. The zero-order valence-electron chi connectivity index (χ0n) is 17.8. The van der Waals surface area contributed by atoms with Crippen LogP contribution in [0.15, 0.2) is 50.8 Å². The van der Waals surface area contributed by atoms with Gasteiger partial charge in [-0.2, -0.15) is 13.5 Å². The highest BCUT2D eigenvalue weighted by molar-refractivity contribution is 7.90. The summed E-state index contributed by atoms with van der Waals surface area (Å²) in [5, 5.41) is 23.9. The Morgan fingerprint density at radius 2 is 2.00 bits per heavy atom. The van der Waals surface area contributed by atoms with Gasteiger partial charge in [0.15, 0.2) is 17.4 Å². The van der Waals surface area contributed by atoms with Crippen LogP contribution in [-0.2, 0) is 10.0 Å². The minimum Gasteiger partial charge on any atom is -0.496 e.